The summed E-state index contributed by atoms with van der Waals surface area (Å²) in [6, 6.07) is 0. The van der Waals surface area contributed by atoms with Crippen molar-refractivity contribution in [3.63, 3.8) is 0 Å². The van der Waals surface area contributed by atoms with Gasteiger partial charge in [0, 0.05) is 0 Å². The fourth-order valence-electron chi connectivity index (χ4n) is 4.10. The fourth-order valence-corrected chi connectivity index (χ4v) is 4.10. The minimum Gasteiger partial charge on any atom is -0.465 e. The van der Waals surface area contributed by atoms with E-state index in [2.05, 4.69) is 0 Å². The molecule has 26 heavy (non-hydrogen) atoms. The van der Waals surface area contributed by atoms with E-state index >= 15 is 0 Å². The van der Waals surface area contributed by atoms with Gasteiger partial charge in [0.25, 0.3) is 0 Å². The Bertz CT molecular complexity index is 518. The molecular formula is C19H28O7. The van der Waals surface area contributed by atoms with Crippen LogP contribution in [0.1, 0.15) is 45.4 Å². The standard InChI is InChI=1S/C19H28O7/c1-19(8-20,9-23-17(21)11-2-4-13-15(6-11)25-13)10-24-18(22)12-3-5-14-16(7-12)26-14/h11-16,20H,2-10H2,1H3. The third kappa shape index (κ3) is 4.05. The lowest BCUT2D eigenvalue weighted by atomic mass is 9.89. The van der Waals surface area contributed by atoms with Crippen molar-refractivity contribution >= 4 is 11.9 Å². The predicted molar refractivity (Wildman–Crippen MR) is 89.1 cm³/mol. The lowest BCUT2D eigenvalue weighted by Crippen LogP contribution is -2.37. The number of carbonyl (C=O) groups excluding carboxylic acids is 2. The van der Waals surface area contributed by atoms with Crippen LogP contribution in [0, 0.1) is 17.3 Å². The van der Waals surface area contributed by atoms with Crippen LogP contribution in [0.5, 0.6) is 0 Å². The molecule has 0 bridgehead atoms. The molecule has 0 aromatic rings. The average molecular weight is 368 g/mol. The molecule has 0 radical (unpaired) electrons. The summed E-state index contributed by atoms with van der Waals surface area (Å²) in [7, 11) is 0. The maximum atomic E-state index is 12.3. The highest BCUT2D eigenvalue weighted by molar-refractivity contribution is 5.73. The molecule has 146 valence electrons. The van der Waals surface area contributed by atoms with Crippen molar-refractivity contribution in [1.29, 1.82) is 0 Å². The molecule has 0 aromatic heterocycles. The third-order valence-electron chi connectivity index (χ3n) is 6.18. The van der Waals surface area contributed by atoms with Crippen LogP contribution in [-0.4, -0.2) is 61.3 Å². The molecule has 7 nitrogen and oxygen atoms in total. The molecule has 4 rings (SSSR count). The number of aliphatic hydroxyl groups is 1. The van der Waals surface area contributed by atoms with Crippen LogP contribution in [0.15, 0.2) is 0 Å². The van der Waals surface area contributed by atoms with Gasteiger partial charge in [-0.15, -0.1) is 0 Å². The molecule has 2 heterocycles. The van der Waals surface area contributed by atoms with Gasteiger partial charge in [0.2, 0.25) is 0 Å². The maximum Gasteiger partial charge on any atom is 0.309 e. The molecular weight excluding hydrogens is 340 g/mol. The number of aliphatic hydroxyl groups excluding tert-OH is 1. The van der Waals surface area contributed by atoms with E-state index in [-0.39, 0.29) is 55.8 Å². The topological polar surface area (TPSA) is 97.9 Å². The Labute approximate surface area is 153 Å². The van der Waals surface area contributed by atoms with Crippen LogP contribution in [-0.2, 0) is 28.5 Å². The summed E-state index contributed by atoms with van der Waals surface area (Å²) in [5.74, 6) is -0.737. The van der Waals surface area contributed by atoms with E-state index in [0.717, 1.165) is 38.5 Å². The van der Waals surface area contributed by atoms with Gasteiger partial charge in [0.15, 0.2) is 0 Å². The van der Waals surface area contributed by atoms with E-state index in [1.165, 1.54) is 0 Å². The number of ether oxygens (including phenoxy) is 4. The summed E-state index contributed by atoms with van der Waals surface area (Å²) in [5.41, 5.74) is -0.786. The molecule has 1 N–H and O–H groups in total. The molecule has 0 spiro atoms. The SMILES string of the molecule is CC(CO)(COC(=O)C1CCC2OC2C1)COC(=O)C1CCC2OC2C1. The van der Waals surface area contributed by atoms with Crippen LogP contribution in [0.25, 0.3) is 0 Å². The Morgan fingerprint density at radius 3 is 1.73 bits per heavy atom. The lowest BCUT2D eigenvalue weighted by molar-refractivity contribution is -0.161. The van der Waals surface area contributed by atoms with E-state index in [9.17, 15) is 14.7 Å². The van der Waals surface area contributed by atoms with Gasteiger partial charge in [0.1, 0.15) is 13.2 Å². The fraction of sp³-hybridized carbons (Fsp3) is 0.895. The van der Waals surface area contributed by atoms with Crippen molar-refractivity contribution < 1.29 is 33.6 Å². The van der Waals surface area contributed by atoms with E-state index in [1.807, 2.05) is 0 Å². The summed E-state index contributed by atoms with van der Waals surface area (Å²) in [4.78, 5) is 24.5. The lowest BCUT2D eigenvalue weighted by Gasteiger charge is -2.28. The Morgan fingerprint density at radius 1 is 0.885 bits per heavy atom. The van der Waals surface area contributed by atoms with Gasteiger partial charge in [0.05, 0.1) is 48.3 Å². The van der Waals surface area contributed by atoms with Crippen LogP contribution in [0.2, 0.25) is 0 Å². The predicted octanol–water partition coefficient (Wildman–Crippen LogP) is 1.21. The molecule has 4 fully saturated rings. The third-order valence-corrected chi connectivity index (χ3v) is 6.18. The zero-order valence-corrected chi connectivity index (χ0v) is 15.2. The first-order chi connectivity index (χ1) is 12.5. The van der Waals surface area contributed by atoms with Crippen molar-refractivity contribution in [3.8, 4) is 0 Å². The highest BCUT2D eigenvalue weighted by Crippen LogP contribution is 2.41. The number of hydrogen-bond acceptors (Lipinski definition) is 7. The van der Waals surface area contributed by atoms with E-state index < -0.39 is 5.41 Å². The van der Waals surface area contributed by atoms with Crippen LogP contribution in [0.4, 0.5) is 0 Å². The molecule has 2 aliphatic heterocycles. The number of rotatable bonds is 7. The Balaban J connectivity index is 1.21. The van der Waals surface area contributed by atoms with Gasteiger partial charge in [-0.1, -0.05) is 6.92 Å². The summed E-state index contributed by atoms with van der Waals surface area (Å²) in [6.45, 7) is 1.62. The molecule has 2 aliphatic carbocycles. The second-order valence-electron chi connectivity index (χ2n) is 8.63. The quantitative estimate of drug-likeness (QED) is 0.533. The van der Waals surface area contributed by atoms with Crippen LogP contribution in [0.3, 0.4) is 0 Å². The van der Waals surface area contributed by atoms with E-state index in [0.29, 0.717) is 12.2 Å². The summed E-state index contributed by atoms with van der Waals surface area (Å²) in [5, 5.41) is 9.71. The highest BCUT2D eigenvalue weighted by atomic mass is 16.6. The maximum absolute atomic E-state index is 12.3. The Hall–Kier alpha value is -1.18. The van der Waals surface area contributed by atoms with Crippen LogP contribution < -0.4 is 0 Å². The number of epoxide rings is 2. The average Bonchev–Trinajstić information content (AvgIpc) is 3.56. The molecule has 0 aromatic carbocycles. The molecule has 2 saturated carbocycles. The smallest absolute Gasteiger partial charge is 0.309 e. The van der Waals surface area contributed by atoms with Crippen molar-refractivity contribution in [2.75, 3.05) is 19.8 Å². The van der Waals surface area contributed by atoms with Gasteiger partial charge in [-0.3, -0.25) is 9.59 Å². The largest absolute Gasteiger partial charge is 0.465 e. The number of esters is 2. The number of fused-ring (bicyclic) bond motifs is 2. The van der Waals surface area contributed by atoms with Crippen molar-refractivity contribution in [3.05, 3.63) is 0 Å². The minimum atomic E-state index is -0.786. The normalized spacial score (nSPS) is 39.8. The van der Waals surface area contributed by atoms with Gasteiger partial charge in [-0.05, 0) is 38.5 Å². The van der Waals surface area contributed by atoms with Crippen molar-refractivity contribution in [2.24, 2.45) is 17.3 Å². The van der Waals surface area contributed by atoms with E-state index in [4.69, 9.17) is 18.9 Å². The molecule has 7 heteroatoms. The first-order valence-electron chi connectivity index (χ1n) is 9.72. The van der Waals surface area contributed by atoms with Crippen molar-refractivity contribution in [2.45, 2.75) is 69.9 Å². The summed E-state index contributed by atoms with van der Waals surface area (Å²) < 4.78 is 21.8. The monoisotopic (exact) mass is 368 g/mol. The first kappa shape index (κ1) is 18.2. The minimum absolute atomic E-state index is 0.0412. The van der Waals surface area contributed by atoms with Gasteiger partial charge >= 0.3 is 11.9 Å². The molecule has 0 amide bonds. The number of hydrogen-bond donors (Lipinski definition) is 1. The second-order valence-corrected chi connectivity index (χ2v) is 8.63. The van der Waals surface area contributed by atoms with Crippen molar-refractivity contribution in [1.82, 2.24) is 0 Å². The first-order valence-corrected chi connectivity index (χ1v) is 9.72. The molecule has 6 unspecified atom stereocenters. The van der Waals surface area contributed by atoms with Crippen LogP contribution >= 0.6 is 0 Å². The molecule has 6 atom stereocenters. The van der Waals surface area contributed by atoms with Gasteiger partial charge in [-0.2, -0.15) is 0 Å². The highest BCUT2D eigenvalue weighted by Gasteiger charge is 2.47. The second kappa shape index (κ2) is 7.09. The Kier molecular flexibility index (Phi) is 4.96. The number of carbonyl (C=O) groups is 2. The summed E-state index contributed by atoms with van der Waals surface area (Å²) >= 11 is 0. The van der Waals surface area contributed by atoms with Gasteiger partial charge in [-0.25, -0.2) is 0 Å². The van der Waals surface area contributed by atoms with E-state index in [1.54, 1.807) is 6.92 Å². The Morgan fingerprint density at radius 2 is 1.35 bits per heavy atom. The molecule has 4 aliphatic rings. The zero-order chi connectivity index (χ0) is 18.3. The van der Waals surface area contributed by atoms with Gasteiger partial charge < -0.3 is 24.1 Å². The molecule has 2 saturated heterocycles. The zero-order valence-electron chi connectivity index (χ0n) is 15.2. The summed E-state index contributed by atoms with van der Waals surface area (Å²) in [6.07, 6.45) is 5.97.